The minimum Gasteiger partial charge on any atom is -0.396 e. The lowest BCUT2D eigenvalue weighted by Crippen LogP contribution is -2.44. The van der Waals surface area contributed by atoms with Gasteiger partial charge in [0.05, 0.1) is 10.0 Å². The van der Waals surface area contributed by atoms with E-state index in [9.17, 15) is 9.18 Å². The van der Waals surface area contributed by atoms with Crippen molar-refractivity contribution in [2.24, 2.45) is 0 Å². The quantitative estimate of drug-likeness (QED) is 0.898. The predicted molar refractivity (Wildman–Crippen MR) is 67.3 cm³/mol. The Kier molecular flexibility index (Phi) is 4.65. The number of nitrogens with one attached hydrogen (secondary N) is 1. The molecule has 1 amide bonds. The van der Waals surface area contributed by atoms with Crippen molar-refractivity contribution in [1.82, 2.24) is 5.32 Å². The van der Waals surface area contributed by atoms with Gasteiger partial charge in [-0.25, -0.2) is 4.39 Å². The number of halogens is 2. The van der Waals surface area contributed by atoms with Crippen LogP contribution in [-0.2, 0) is 0 Å². The Morgan fingerprint density at radius 3 is 2.76 bits per heavy atom. The summed E-state index contributed by atoms with van der Waals surface area (Å²) >= 11 is 3.03. The number of aliphatic hydroxyl groups is 1. The largest absolute Gasteiger partial charge is 0.396 e. The van der Waals surface area contributed by atoms with Gasteiger partial charge in [-0.15, -0.1) is 0 Å². The van der Waals surface area contributed by atoms with Crippen LogP contribution in [0.1, 0.15) is 30.6 Å². The number of carbonyl (C=O) groups is 1. The molecular formula is C12H15BrFNO2. The van der Waals surface area contributed by atoms with E-state index in [4.69, 9.17) is 5.11 Å². The van der Waals surface area contributed by atoms with Gasteiger partial charge < -0.3 is 10.4 Å². The molecule has 0 atom stereocenters. The third kappa shape index (κ3) is 3.78. The average molecular weight is 304 g/mol. The first-order chi connectivity index (χ1) is 7.87. The molecule has 0 aliphatic carbocycles. The van der Waals surface area contributed by atoms with Crippen molar-refractivity contribution in [3.05, 3.63) is 34.1 Å². The Labute approximate surface area is 108 Å². The maximum absolute atomic E-state index is 13.7. The molecule has 0 heterocycles. The smallest absolute Gasteiger partial charge is 0.254 e. The van der Waals surface area contributed by atoms with E-state index >= 15 is 0 Å². The van der Waals surface area contributed by atoms with Crippen molar-refractivity contribution in [1.29, 1.82) is 0 Å². The zero-order chi connectivity index (χ0) is 13.1. The summed E-state index contributed by atoms with van der Waals surface area (Å²) in [5.74, 6) is -1.06. The number of hydrogen-bond acceptors (Lipinski definition) is 2. The summed E-state index contributed by atoms with van der Waals surface area (Å²) in [6.45, 7) is 3.52. The lowest BCUT2D eigenvalue weighted by molar-refractivity contribution is 0.0895. The van der Waals surface area contributed by atoms with E-state index in [0.29, 0.717) is 6.42 Å². The second kappa shape index (κ2) is 5.60. The molecule has 94 valence electrons. The molecule has 0 aliphatic rings. The Balaban J connectivity index is 2.87. The summed E-state index contributed by atoms with van der Waals surface area (Å²) in [6.07, 6.45) is 0.411. The van der Waals surface area contributed by atoms with Gasteiger partial charge in [0.1, 0.15) is 5.82 Å². The van der Waals surface area contributed by atoms with Gasteiger partial charge in [0.2, 0.25) is 0 Å². The van der Waals surface area contributed by atoms with E-state index in [2.05, 4.69) is 21.2 Å². The summed E-state index contributed by atoms with van der Waals surface area (Å²) in [5, 5.41) is 11.5. The van der Waals surface area contributed by atoms with Crippen LogP contribution in [0.4, 0.5) is 4.39 Å². The molecule has 1 aromatic rings. The normalized spacial score (nSPS) is 11.4. The van der Waals surface area contributed by atoms with Crippen LogP contribution in [-0.4, -0.2) is 23.2 Å². The number of carbonyl (C=O) groups excluding carboxylic acids is 1. The molecule has 0 fully saturated rings. The molecule has 0 saturated heterocycles. The molecule has 0 bridgehead atoms. The molecule has 1 rings (SSSR count). The maximum Gasteiger partial charge on any atom is 0.254 e. The molecule has 0 aromatic heterocycles. The van der Waals surface area contributed by atoms with E-state index in [-0.39, 0.29) is 16.6 Å². The fourth-order valence-corrected chi connectivity index (χ4v) is 1.76. The highest BCUT2D eigenvalue weighted by Gasteiger charge is 2.22. The number of aliphatic hydroxyl groups excluding tert-OH is 1. The summed E-state index contributed by atoms with van der Waals surface area (Å²) in [7, 11) is 0. The van der Waals surface area contributed by atoms with Crippen LogP contribution in [0.2, 0.25) is 0 Å². The van der Waals surface area contributed by atoms with E-state index in [0.717, 1.165) is 0 Å². The molecular weight excluding hydrogens is 289 g/mol. The van der Waals surface area contributed by atoms with Gasteiger partial charge in [-0.3, -0.25) is 4.79 Å². The van der Waals surface area contributed by atoms with Gasteiger partial charge >= 0.3 is 0 Å². The highest BCUT2D eigenvalue weighted by molar-refractivity contribution is 9.10. The van der Waals surface area contributed by atoms with Crippen molar-refractivity contribution in [2.45, 2.75) is 25.8 Å². The minimum atomic E-state index is -0.579. The van der Waals surface area contributed by atoms with Gasteiger partial charge in [-0.1, -0.05) is 6.07 Å². The third-order valence-corrected chi connectivity index (χ3v) is 3.00. The lowest BCUT2D eigenvalue weighted by atomic mass is 10.0. The second-order valence-electron chi connectivity index (χ2n) is 4.41. The summed E-state index contributed by atoms with van der Waals surface area (Å²) < 4.78 is 13.9. The van der Waals surface area contributed by atoms with E-state index in [1.165, 1.54) is 12.1 Å². The Morgan fingerprint density at radius 1 is 1.53 bits per heavy atom. The van der Waals surface area contributed by atoms with Crippen LogP contribution < -0.4 is 5.32 Å². The van der Waals surface area contributed by atoms with E-state index in [1.807, 2.05) is 0 Å². The summed E-state index contributed by atoms with van der Waals surface area (Å²) in [5.41, 5.74) is -0.578. The first-order valence-corrected chi connectivity index (χ1v) is 6.04. The number of hydrogen-bond donors (Lipinski definition) is 2. The van der Waals surface area contributed by atoms with E-state index < -0.39 is 17.3 Å². The summed E-state index contributed by atoms with van der Waals surface area (Å²) in [4.78, 5) is 11.9. The van der Waals surface area contributed by atoms with Crippen molar-refractivity contribution < 1.29 is 14.3 Å². The van der Waals surface area contributed by atoms with Crippen molar-refractivity contribution in [3.63, 3.8) is 0 Å². The van der Waals surface area contributed by atoms with Crippen molar-refractivity contribution in [3.8, 4) is 0 Å². The molecule has 0 radical (unpaired) electrons. The topological polar surface area (TPSA) is 49.3 Å². The Bertz CT molecular complexity index is 421. The van der Waals surface area contributed by atoms with Crippen LogP contribution in [0.15, 0.2) is 22.7 Å². The molecule has 3 nitrogen and oxygen atoms in total. The lowest BCUT2D eigenvalue weighted by Gasteiger charge is -2.25. The minimum absolute atomic E-state index is 0.00890. The van der Waals surface area contributed by atoms with Crippen LogP contribution in [0.25, 0.3) is 0 Å². The van der Waals surface area contributed by atoms with E-state index in [1.54, 1.807) is 19.9 Å². The van der Waals surface area contributed by atoms with Crippen LogP contribution >= 0.6 is 15.9 Å². The first-order valence-electron chi connectivity index (χ1n) is 5.25. The molecule has 0 aliphatic heterocycles. The third-order valence-electron chi connectivity index (χ3n) is 2.38. The van der Waals surface area contributed by atoms with Crippen LogP contribution in [0, 0.1) is 5.82 Å². The zero-order valence-corrected chi connectivity index (χ0v) is 11.3. The first kappa shape index (κ1) is 14.1. The molecule has 2 N–H and O–H groups in total. The van der Waals surface area contributed by atoms with Crippen molar-refractivity contribution in [2.75, 3.05) is 6.61 Å². The van der Waals surface area contributed by atoms with Crippen LogP contribution in [0.5, 0.6) is 0 Å². The van der Waals surface area contributed by atoms with Crippen LogP contribution in [0.3, 0.4) is 0 Å². The maximum atomic E-state index is 13.7. The van der Waals surface area contributed by atoms with Gasteiger partial charge in [-0.2, -0.15) is 0 Å². The Hall–Kier alpha value is -0.940. The zero-order valence-electron chi connectivity index (χ0n) is 9.76. The monoisotopic (exact) mass is 303 g/mol. The fourth-order valence-electron chi connectivity index (χ4n) is 1.40. The predicted octanol–water partition coefficient (Wildman–Crippen LogP) is 2.48. The highest BCUT2D eigenvalue weighted by atomic mass is 79.9. The fraction of sp³-hybridized carbons (Fsp3) is 0.417. The van der Waals surface area contributed by atoms with Crippen molar-refractivity contribution >= 4 is 21.8 Å². The van der Waals surface area contributed by atoms with Gasteiger partial charge in [0.25, 0.3) is 5.91 Å². The van der Waals surface area contributed by atoms with Gasteiger partial charge in [0, 0.05) is 12.1 Å². The molecule has 17 heavy (non-hydrogen) atoms. The SMILES string of the molecule is CC(C)(CCO)NC(=O)c1cccc(Br)c1F. The molecule has 5 heteroatoms. The second-order valence-corrected chi connectivity index (χ2v) is 5.27. The molecule has 1 aromatic carbocycles. The number of rotatable bonds is 4. The Morgan fingerprint density at radius 2 is 2.18 bits per heavy atom. The average Bonchev–Trinajstić information content (AvgIpc) is 2.21. The molecule has 0 unspecified atom stereocenters. The highest BCUT2D eigenvalue weighted by Crippen LogP contribution is 2.19. The standard InChI is InChI=1S/C12H15BrFNO2/c1-12(2,6-7-16)15-11(17)8-4-3-5-9(13)10(8)14/h3-5,16H,6-7H2,1-2H3,(H,15,17). The van der Waals surface area contributed by atoms with Gasteiger partial charge in [-0.05, 0) is 48.3 Å². The summed E-state index contributed by atoms with van der Waals surface area (Å²) in [6, 6.07) is 4.55. The molecule has 0 spiro atoms. The molecule has 0 saturated carbocycles. The number of amides is 1. The number of benzene rings is 1. The van der Waals surface area contributed by atoms with Gasteiger partial charge in [0.15, 0.2) is 0 Å².